The van der Waals surface area contributed by atoms with E-state index in [4.69, 9.17) is 9.47 Å². The number of esters is 1. The number of nitrogens with zero attached hydrogens (tertiary/aromatic N) is 1. The molecule has 33 heavy (non-hydrogen) atoms. The van der Waals surface area contributed by atoms with Crippen LogP contribution in [0.2, 0.25) is 0 Å². The van der Waals surface area contributed by atoms with E-state index in [1.54, 1.807) is 0 Å². The maximum atomic E-state index is 12.9. The fourth-order valence-corrected chi connectivity index (χ4v) is 4.85. The lowest BCUT2D eigenvalue weighted by molar-refractivity contribution is -0.142. The second-order valence-electron chi connectivity index (χ2n) is 7.37. The van der Waals surface area contributed by atoms with Gasteiger partial charge < -0.3 is 14.8 Å². The fourth-order valence-electron chi connectivity index (χ4n) is 3.31. The van der Waals surface area contributed by atoms with E-state index >= 15 is 0 Å². The number of carbonyl (C=O) groups excluding carboxylic acids is 2. The molecule has 10 heteroatoms. The summed E-state index contributed by atoms with van der Waals surface area (Å²) in [5.41, 5.74) is 0.743. The number of nitrogens with one attached hydrogen (secondary N) is 1. The summed E-state index contributed by atoms with van der Waals surface area (Å²) in [6, 6.07) is 9.71. The van der Waals surface area contributed by atoms with Crippen LogP contribution in [0.15, 0.2) is 53.4 Å². The first-order chi connectivity index (χ1) is 15.8. The highest BCUT2D eigenvalue weighted by atomic mass is 32.2. The van der Waals surface area contributed by atoms with Crippen LogP contribution in [0.4, 0.5) is 10.1 Å². The van der Waals surface area contributed by atoms with Crippen molar-refractivity contribution < 1.29 is 31.9 Å². The van der Waals surface area contributed by atoms with E-state index < -0.39 is 34.3 Å². The number of piperidine rings is 1. The lowest BCUT2D eigenvalue weighted by atomic mass is 10.2. The van der Waals surface area contributed by atoms with Gasteiger partial charge in [0.25, 0.3) is 5.91 Å². The number of amides is 1. The van der Waals surface area contributed by atoms with E-state index in [2.05, 4.69) is 5.32 Å². The molecule has 2 aromatic rings. The summed E-state index contributed by atoms with van der Waals surface area (Å²) < 4.78 is 50.3. The van der Waals surface area contributed by atoms with Crippen LogP contribution in [0.5, 0.6) is 5.75 Å². The van der Waals surface area contributed by atoms with Crippen molar-refractivity contribution in [2.45, 2.75) is 24.2 Å². The van der Waals surface area contributed by atoms with Gasteiger partial charge in [-0.2, -0.15) is 4.31 Å². The largest absolute Gasteiger partial charge is 0.495 e. The van der Waals surface area contributed by atoms with Crippen LogP contribution < -0.4 is 10.1 Å². The number of sulfonamides is 1. The third-order valence-electron chi connectivity index (χ3n) is 5.03. The second kappa shape index (κ2) is 11.1. The molecule has 0 aromatic heterocycles. The molecule has 0 atom stereocenters. The second-order valence-corrected chi connectivity index (χ2v) is 9.31. The van der Waals surface area contributed by atoms with Gasteiger partial charge in [-0.25, -0.2) is 17.6 Å². The van der Waals surface area contributed by atoms with Crippen LogP contribution in [0.25, 0.3) is 6.08 Å². The molecule has 0 aliphatic carbocycles. The summed E-state index contributed by atoms with van der Waals surface area (Å²) >= 11 is 0. The number of halogens is 1. The van der Waals surface area contributed by atoms with Crippen molar-refractivity contribution in [1.82, 2.24) is 4.31 Å². The quantitative estimate of drug-likeness (QED) is 0.464. The van der Waals surface area contributed by atoms with Crippen molar-refractivity contribution in [3.63, 3.8) is 0 Å². The summed E-state index contributed by atoms with van der Waals surface area (Å²) in [6.07, 6.45) is 5.15. The van der Waals surface area contributed by atoms with E-state index in [0.717, 1.165) is 25.3 Å². The Kier molecular flexibility index (Phi) is 8.18. The Morgan fingerprint density at radius 1 is 1.09 bits per heavy atom. The average Bonchev–Trinajstić information content (AvgIpc) is 2.83. The van der Waals surface area contributed by atoms with E-state index in [0.29, 0.717) is 18.7 Å². The average molecular weight is 477 g/mol. The molecule has 1 N–H and O–H groups in total. The molecular weight excluding hydrogens is 451 g/mol. The van der Waals surface area contributed by atoms with Crippen molar-refractivity contribution in [2.75, 3.05) is 32.1 Å². The smallest absolute Gasteiger partial charge is 0.331 e. The minimum absolute atomic E-state index is 0.0414. The monoisotopic (exact) mass is 476 g/mol. The van der Waals surface area contributed by atoms with Gasteiger partial charge >= 0.3 is 5.97 Å². The maximum absolute atomic E-state index is 12.9. The van der Waals surface area contributed by atoms with Crippen LogP contribution in [-0.4, -0.2) is 51.4 Å². The van der Waals surface area contributed by atoms with Crippen molar-refractivity contribution >= 4 is 33.7 Å². The minimum atomic E-state index is -3.70. The van der Waals surface area contributed by atoms with E-state index in [1.165, 1.54) is 60.0 Å². The zero-order valence-corrected chi connectivity index (χ0v) is 18.9. The fraction of sp³-hybridized carbons (Fsp3) is 0.304. The molecule has 1 amide bonds. The van der Waals surface area contributed by atoms with Gasteiger partial charge in [-0.05, 0) is 54.8 Å². The molecule has 0 radical (unpaired) electrons. The van der Waals surface area contributed by atoms with Gasteiger partial charge in [-0.3, -0.25) is 4.79 Å². The molecule has 1 fully saturated rings. The molecule has 1 aliphatic heterocycles. The molecule has 0 bridgehead atoms. The number of benzene rings is 2. The summed E-state index contributed by atoms with van der Waals surface area (Å²) in [5, 5.41) is 2.52. The van der Waals surface area contributed by atoms with Crippen molar-refractivity contribution in [3.8, 4) is 5.75 Å². The highest BCUT2D eigenvalue weighted by Gasteiger charge is 2.27. The van der Waals surface area contributed by atoms with Gasteiger partial charge in [-0.1, -0.05) is 18.6 Å². The third-order valence-corrected chi connectivity index (χ3v) is 6.92. The molecular formula is C23H25FN2O6S. The van der Waals surface area contributed by atoms with Crippen molar-refractivity contribution in [1.29, 1.82) is 0 Å². The molecule has 176 valence electrons. The van der Waals surface area contributed by atoms with Gasteiger partial charge in [-0.15, -0.1) is 0 Å². The highest BCUT2D eigenvalue weighted by Crippen LogP contribution is 2.30. The summed E-state index contributed by atoms with van der Waals surface area (Å²) in [7, 11) is -2.31. The van der Waals surface area contributed by atoms with Crippen LogP contribution in [0.3, 0.4) is 0 Å². The molecule has 1 saturated heterocycles. The number of methoxy groups -OCH3 is 1. The Balaban J connectivity index is 1.62. The predicted octanol–water partition coefficient (Wildman–Crippen LogP) is 3.20. The molecule has 1 aliphatic rings. The topological polar surface area (TPSA) is 102 Å². The summed E-state index contributed by atoms with van der Waals surface area (Å²) in [5.74, 6) is -1.55. The normalized spacial score (nSPS) is 14.7. The van der Waals surface area contributed by atoms with Gasteiger partial charge in [0.05, 0.1) is 17.7 Å². The Hall–Kier alpha value is -3.24. The first-order valence-corrected chi connectivity index (χ1v) is 11.8. The number of rotatable bonds is 8. The lowest BCUT2D eigenvalue weighted by Gasteiger charge is -2.26. The molecule has 0 unspecified atom stereocenters. The van der Waals surface area contributed by atoms with Crippen molar-refractivity contribution in [3.05, 3.63) is 59.9 Å². The first-order valence-electron chi connectivity index (χ1n) is 10.4. The molecule has 8 nitrogen and oxygen atoms in total. The molecule has 2 aromatic carbocycles. The maximum Gasteiger partial charge on any atom is 0.331 e. The zero-order valence-electron chi connectivity index (χ0n) is 18.1. The standard InChI is InChI=1S/C23H25FN2O6S/c1-31-21-11-10-19(33(29,30)26-13-3-2-4-14-26)15-20(21)25-22(27)16-32-23(28)12-7-17-5-8-18(24)9-6-17/h5-12,15H,2-4,13-14,16H2,1H3,(H,25,27)/b12-7+. The third kappa shape index (κ3) is 6.62. The molecule has 0 spiro atoms. The van der Waals surface area contributed by atoms with Crippen LogP contribution in [0.1, 0.15) is 24.8 Å². The van der Waals surface area contributed by atoms with E-state index in [9.17, 15) is 22.4 Å². The molecule has 1 heterocycles. The van der Waals surface area contributed by atoms with Gasteiger partial charge in [0, 0.05) is 19.2 Å². The van der Waals surface area contributed by atoms with Crippen LogP contribution in [0, 0.1) is 5.82 Å². The van der Waals surface area contributed by atoms with Gasteiger partial charge in [0.1, 0.15) is 11.6 Å². The first kappa shape index (κ1) is 24.4. The minimum Gasteiger partial charge on any atom is -0.495 e. The predicted molar refractivity (Wildman–Crippen MR) is 121 cm³/mol. The lowest BCUT2D eigenvalue weighted by Crippen LogP contribution is -2.35. The number of hydrogen-bond donors (Lipinski definition) is 1. The van der Waals surface area contributed by atoms with Crippen LogP contribution >= 0.6 is 0 Å². The van der Waals surface area contributed by atoms with Gasteiger partial charge in [0.2, 0.25) is 10.0 Å². The summed E-state index contributed by atoms with van der Waals surface area (Å²) in [4.78, 5) is 24.2. The summed E-state index contributed by atoms with van der Waals surface area (Å²) in [6.45, 7) is 0.327. The zero-order chi connectivity index (χ0) is 23.8. The number of ether oxygens (including phenoxy) is 2. The highest BCUT2D eigenvalue weighted by molar-refractivity contribution is 7.89. The Labute approximate surface area is 192 Å². The molecule has 3 rings (SSSR count). The SMILES string of the molecule is COc1ccc(S(=O)(=O)N2CCCCC2)cc1NC(=O)COC(=O)/C=C/c1ccc(F)cc1. The van der Waals surface area contributed by atoms with Crippen molar-refractivity contribution in [2.24, 2.45) is 0 Å². The van der Waals surface area contributed by atoms with Gasteiger partial charge in [0.15, 0.2) is 6.61 Å². The van der Waals surface area contributed by atoms with E-state index in [-0.39, 0.29) is 16.3 Å². The Bertz CT molecular complexity index is 1130. The van der Waals surface area contributed by atoms with E-state index in [1.807, 2.05) is 0 Å². The van der Waals surface area contributed by atoms with Crippen LogP contribution in [-0.2, 0) is 24.3 Å². The Morgan fingerprint density at radius 3 is 2.45 bits per heavy atom. The number of anilines is 1. The number of carbonyl (C=O) groups is 2. The number of hydrogen-bond acceptors (Lipinski definition) is 6. The Morgan fingerprint density at radius 2 is 1.79 bits per heavy atom. The molecule has 0 saturated carbocycles.